The third kappa shape index (κ3) is 27.4. The van der Waals surface area contributed by atoms with E-state index in [1.807, 2.05) is 0 Å². The summed E-state index contributed by atoms with van der Waals surface area (Å²) in [6, 6.07) is 11.3. The first kappa shape index (κ1) is 51.8. The van der Waals surface area contributed by atoms with Crippen LogP contribution in [0.2, 0.25) is 37.5 Å². The van der Waals surface area contributed by atoms with Crippen molar-refractivity contribution in [2.75, 3.05) is 0 Å². The minimum absolute atomic E-state index is 1.37. The maximum absolute atomic E-state index is 2.98. The van der Waals surface area contributed by atoms with Gasteiger partial charge in [-0.15, -0.1) is 0 Å². The van der Waals surface area contributed by atoms with E-state index in [-0.39, 0.29) is 0 Å². The van der Waals surface area contributed by atoms with Crippen molar-refractivity contribution in [1.29, 1.82) is 0 Å². The Hall–Kier alpha value is 1.80. The Morgan fingerprint density at radius 2 is 0.620 bits per heavy atom. The molecule has 0 spiro atoms. The van der Waals surface area contributed by atoms with Crippen LogP contribution in [-0.4, -0.2) is 18.2 Å². The summed E-state index contributed by atoms with van der Waals surface area (Å²) >= 11 is 5.83. The maximum atomic E-state index is 2.98. The van der Waals surface area contributed by atoms with Crippen LogP contribution >= 0.6 is 40.3 Å². The average molecular weight is 1050 g/mol. The van der Waals surface area contributed by atoms with Gasteiger partial charge in [0.15, 0.2) is 0 Å². The average Bonchev–Trinajstić information content (AvgIpc) is 3.12. The van der Waals surface area contributed by atoms with Crippen LogP contribution in [0.3, 0.4) is 0 Å². The van der Waals surface area contributed by atoms with Crippen molar-refractivity contribution in [3.63, 3.8) is 0 Å². The predicted molar refractivity (Wildman–Crippen MR) is 259 cm³/mol. The minimum atomic E-state index is -2.27. The molecule has 0 heterocycles. The van der Waals surface area contributed by atoms with E-state index in [1.165, 1.54) is 201 Å². The van der Waals surface area contributed by atoms with Gasteiger partial charge in [-0.25, -0.2) is 0 Å². The standard InChI is InChI=1S/C24H44AsI.C22H48AsI/c1-4-5-6-7-8-9-10-11-12-13-14-15-16-20-23-25(2,3,26)24-21-18-17-19-22-24;1-5-9-10-11-12-13-14-15-16-17-18-19-20-21-22-23(24,6-2,7-3)8-4/h17-19,21-22H,4-16,20,23H2,1-3H3;5-22H2,1-4H3. The second kappa shape index (κ2) is 31.9. The Balaban J connectivity index is 0.000000964. The number of unbranched alkanes of at least 4 members (excludes halogenated alkanes) is 26. The zero-order valence-electron chi connectivity index (χ0n) is 35.4. The van der Waals surface area contributed by atoms with Crippen LogP contribution in [0, 0.1) is 0 Å². The van der Waals surface area contributed by atoms with Gasteiger partial charge in [-0.3, -0.25) is 0 Å². The van der Waals surface area contributed by atoms with Crippen LogP contribution < -0.4 is 4.35 Å². The van der Waals surface area contributed by atoms with Crippen molar-refractivity contribution in [2.45, 2.75) is 252 Å². The van der Waals surface area contributed by atoms with Crippen molar-refractivity contribution in [2.24, 2.45) is 0 Å². The molecule has 0 N–H and O–H groups in total. The van der Waals surface area contributed by atoms with E-state index >= 15 is 0 Å². The molecule has 4 heteroatoms. The quantitative estimate of drug-likeness (QED) is 0.0367. The first-order valence-electron chi connectivity index (χ1n) is 22.5. The molecule has 1 rings (SSSR count). The van der Waals surface area contributed by atoms with Crippen LogP contribution in [0.5, 0.6) is 0 Å². The van der Waals surface area contributed by atoms with E-state index in [0.29, 0.717) is 0 Å². The molecular formula is C46H92As2I2. The van der Waals surface area contributed by atoms with Crippen LogP contribution in [0.4, 0.5) is 0 Å². The van der Waals surface area contributed by atoms with Gasteiger partial charge in [0.2, 0.25) is 0 Å². The molecule has 1 aromatic carbocycles. The molecule has 0 aliphatic carbocycles. The van der Waals surface area contributed by atoms with Gasteiger partial charge in [-0.2, -0.15) is 0 Å². The van der Waals surface area contributed by atoms with Crippen molar-refractivity contribution in [1.82, 2.24) is 0 Å². The van der Waals surface area contributed by atoms with Gasteiger partial charge in [0, 0.05) is 0 Å². The molecule has 0 unspecified atom stereocenters. The predicted octanol–water partition coefficient (Wildman–Crippen LogP) is 18.8. The molecule has 0 bridgehead atoms. The molecule has 0 atom stereocenters. The van der Waals surface area contributed by atoms with Crippen LogP contribution in [0.25, 0.3) is 0 Å². The van der Waals surface area contributed by atoms with Crippen molar-refractivity contribution >= 4 is 62.8 Å². The monoisotopic (exact) mass is 1050 g/mol. The number of halogens is 2. The third-order valence-corrected chi connectivity index (χ3v) is 51.0. The Morgan fingerprint density at radius 3 is 0.900 bits per heavy atom. The molecule has 0 aliphatic rings. The van der Waals surface area contributed by atoms with Crippen molar-refractivity contribution in [3.05, 3.63) is 30.3 Å². The Morgan fingerprint density at radius 1 is 0.360 bits per heavy atom. The molecule has 0 radical (unpaired) electrons. The molecule has 0 aliphatic heterocycles. The fourth-order valence-corrected chi connectivity index (χ4v) is 25.0. The molecule has 0 saturated carbocycles. The van der Waals surface area contributed by atoms with Gasteiger partial charge < -0.3 is 0 Å². The second-order valence-corrected chi connectivity index (χ2v) is 71.2. The van der Waals surface area contributed by atoms with Crippen LogP contribution in [0.15, 0.2) is 30.3 Å². The van der Waals surface area contributed by atoms with Gasteiger partial charge in [-0.1, -0.05) is 52.4 Å². The molecule has 0 aromatic heterocycles. The molecule has 300 valence electrons. The van der Waals surface area contributed by atoms with E-state index in [9.17, 15) is 0 Å². The Kier molecular flexibility index (Phi) is 33.1. The number of hydrogen-bond donors (Lipinski definition) is 0. The van der Waals surface area contributed by atoms with Gasteiger partial charge in [0.25, 0.3) is 0 Å². The zero-order valence-corrected chi connectivity index (χ0v) is 43.4. The topological polar surface area (TPSA) is 0 Å². The van der Waals surface area contributed by atoms with E-state index in [1.54, 1.807) is 9.56 Å². The molecule has 0 fully saturated rings. The van der Waals surface area contributed by atoms with Gasteiger partial charge in [-0.05, 0) is 0 Å². The van der Waals surface area contributed by atoms with Gasteiger partial charge >= 0.3 is 293 Å². The summed E-state index contributed by atoms with van der Waals surface area (Å²) in [6.45, 7) is 12.0. The van der Waals surface area contributed by atoms with Crippen LogP contribution in [0.1, 0.15) is 214 Å². The van der Waals surface area contributed by atoms with E-state index < -0.39 is 18.2 Å². The summed E-state index contributed by atoms with van der Waals surface area (Å²) < 4.78 is 1.64. The summed E-state index contributed by atoms with van der Waals surface area (Å²) in [5, 5.41) is 7.56. The van der Waals surface area contributed by atoms with Crippen molar-refractivity contribution < 1.29 is 0 Å². The summed E-state index contributed by atoms with van der Waals surface area (Å²) in [6.07, 6.45) is 41.0. The summed E-state index contributed by atoms with van der Waals surface area (Å²) in [5.74, 6) is 0. The SMILES string of the molecule is CCCCCCCCCCCCCCCC[As](C)(C)(I)c1ccccc1.CCCCCCCCCCCCCCCC[As](I)(CC)(CC)CC. The third-order valence-electron chi connectivity index (χ3n) is 12.1. The first-order chi connectivity index (χ1) is 24.0. The normalized spacial score (nSPS) is 13.6. The fourth-order valence-electron chi connectivity index (χ4n) is 7.63. The second-order valence-electron chi connectivity index (χ2n) is 17.0. The Bertz CT molecular complexity index is 847. The number of rotatable bonds is 34. The molecule has 0 saturated heterocycles. The van der Waals surface area contributed by atoms with Crippen molar-refractivity contribution in [3.8, 4) is 0 Å². The molecule has 50 heavy (non-hydrogen) atoms. The molecule has 0 amide bonds. The summed E-state index contributed by atoms with van der Waals surface area (Å²) in [4.78, 5) is 0. The Labute approximate surface area is 341 Å². The molecule has 1 aromatic rings. The van der Waals surface area contributed by atoms with Gasteiger partial charge in [0.05, 0.1) is 0 Å². The fraction of sp³-hybridized carbons (Fsp3) is 0.870. The summed E-state index contributed by atoms with van der Waals surface area (Å²) in [7, 11) is -4.16. The van der Waals surface area contributed by atoms with E-state index in [4.69, 9.17) is 0 Å². The molecular weight excluding hydrogens is 956 g/mol. The number of benzene rings is 1. The zero-order chi connectivity index (χ0) is 37.3. The number of hydrogen-bond acceptors (Lipinski definition) is 0. The van der Waals surface area contributed by atoms with Crippen LogP contribution in [-0.2, 0) is 0 Å². The van der Waals surface area contributed by atoms with Gasteiger partial charge in [0.1, 0.15) is 0 Å². The van der Waals surface area contributed by atoms with E-state index in [2.05, 4.69) is 117 Å². The first-order valence-corrected chi connectivity index (χ1v) is 45.3. The van der Waals surface area contributed by atoms with E-state index in [0.717, 1.165) is 0 Å². The molecule has 0 nitrogen and oxygen atoms in total. The summed E-state index contributed by atoms with van der Waals surface area (Å²) in [5.41, 5.74) is 5.16.